The molecule has 2 atom stereocenters. The average molecular weight is 489 g/mol. The molecular weight excluding hydrogens is 461 g/mol. The maximum Gasteiger partial charge on any atom is 0.296 e. The topological polar surface area (TPSA) is 87.6 Å². The van der Waals surface area contributed by atoms with Crippen LogP contribution in [0.1, 0.15) is 47.8 Å². The number of nitrogens with one attached hydrogen (secondary N) is 1. The Kier molecular flexibility index (Phi) is 6.01. The number of alkyl halides is 2. The standard InChI is InChI=1S/C25H27F3N4O3/c1-12-16(7-15(26)8-19(12)25(27,28)11-33)13(2)29-22-18-10-21-20(9-17(18)14(3)30-31-22)24(4,35-6)23(34)32(21)5/h7-10,13,33H,11H2,1-6H3,(H,29,31)/t13-,24?/m1/s1. The summed E-state index contributed by atoms with van der Waals surface area (Å²) in [6.07, 6.45) is 0. The first-order valence-electron chi connectivity index (χ1n) is 11.1. The van der Waals surface area contributed by atoms with Gasteiger partial charge < -0.3 is 20.1 Å². The third-order valence-corrected chi connectivity index (χ3v) is 6.90. The zero-order chi connectivity index (χ0) is 25.9. The second-order valence-corrected chi connectivity index (χ2v) is 9.05. The van der Waals surface area contributed by atoms with Gasteiger partial charge in [-0.25, -0.2) is 4.39 Å². The number of anilines is 2. The molecule has 1 aliphatic heterocycles. The fourth-order valence-corrected chi connectivity index (χ4v) is 4.72. The van der Waals surface area contributed by atoms with E-state index >= 15 is 0 Å². The minimum Gasteiger partial charge on any atom is -0.390 e. The predicted octanol–water partition coefficient (Wildman–Crippen LogP) is 4.48. The smallest absolute Gasteiger partial charge is 0.296 e. The van der Waals surface area contributed by atoms with Crippen molar-refractivity contribution in [2.75, 3.05) is 31.0 Å². The molecule has 0 fully saturated rings. The summed E-state index contributed by atoms with van der Waals surface area (Å²) in [5, 5.41) is 22.1. The third-order valence-electron chi connectivity index (χ3n) is 6.90. The summed E-state index contributed by atoms with van der Waals surface area (Å²) in [5.74, 6) is -4.27. The molecule has 2 heterocycles. The number of rotatable bonds is 6. The van der Waals surface area contributed by atoms with E-state index in [0.717, 1.165) is 11.5 Å². The summed E-state index contributed by atoms with van der Waals surface area (Å²) in [4.78, 5) is 14.4. The highest BCUT2D eigenvalue weighted by Crippen LogP contribution is 2.45. The molecule has 4 rings (SSSR count). The van der Waals surface area contributed by atoms with Crippen LogP contribution >= 0.6 is 0 Å². The molecule has 2 aromatic carbocycles. The molecule has 0 spiro atoms. The van der Waals surface area contributed by atoms with Gasteiger partial charge in [0.2, 0.25) is 0 Å². The van der Waals surface area contributed by atoms with E-state index < -0.39 is 35.6 Å². The number of carbonyl (C=O) groups is 1. The van der Waals surface area contributed by atoms with E-state index in [1.807, 2.05) is 12.1 Å². The second-order valence-electron chi connectivity index (χ2n) is 9.05. The summed E-state index contributed by atoms with van der Waals surface area (Å²) >= 11 is 0. The second kappa shape index (κ2) is 8.46. The minimum absolute atomic E-state index is 0.164. The van der Waals surface area contributed by atoms with E-state index in [2.05, 4.69) is 15.5 Å². The average Bonchev–Trinajstić information content (AvgIpc) is 3.02. The number of benzene rings is 2. The molecule has 1 aliphatic rings. The van der Waals surface area contributed by atoms with Gasteiger partial charge in [0, 0.05) is 36.1 Å². The van der Waals surface area contributed by atoms with E-state index in [1.54, 1.807) is 27.8 Å². The van der Waals surface area contributed by atoms with E-state index in [4.69, 9.17) is 9.84 Å². The van der Waals surface area contributed by atoms with Crippen LogP contribution in [0.25, 0.3) is 10.8 Å². The number of likely N-dealkylation sites (N-methyl/N-ethyl adjacent to an activating group) is 1. The highest BCUT2D eigenvalue weighted by atomic mass is 19.3. The number of hydrogen-bond acceptors (Lipinski definition) is 6. The number of ether oxygens (including phenoxy) is 1. The predicted molar refractivity (Wildman–Crippen MR) is 126 cm³/mol. The number of hydrogen-bond donors (Lipinski definition) is 2. The van der Waals surface area contributed by atoms with Crippen molar-refractivity contribution in [1.29, 1.82) is 0 Å². The molecule has 0 bridgehead atoms. The van der Waals surface area contributed by atoms with Crippen LogP contribution in [0, 0.1) is 19.7 Å². The first-order valence-corrected chi connectivity index (χ1v) is 11.1. The van der Waals surface area contributed by atoms with Crippen molar-refractivity contribution >= 4 is 28.2 Å². The summed E-state index contributed by atoms with van der Waals surface area (Å²) in [5.41, 5.74) is 0.741. The van der Waals surface area contributed by atoms with Crippen molar-refractivity contribution in [1.82, 2.24) is 10.2 Å². The Morgan fingerprint density at radius 1 is 1.20 bits per heavy atom. The van der Waals surface area contributed by atoms with Crippen LogP contribution in [-0.4, -0.2) is 42.0 Å². The number of fused-ring (bicyclic) bond motifs is 2. The summed E-state index contributed by atoms with van der Waals surface area (Å²) < 4.78 is 48.3. The third kappa shape index (κ3) is 3.81. The molecule has 7 nitrogen and oxygen atoms in total. The first kappa shape index (κ1) is 24.9. The van der Waals surface area contributed by atoms with Crippen LogP contribution in [-0.2, 0) is 21.1 Å². The van der Waals surface area contributed by atoms with Crippen LogP contribution in [0.3, 0.4) is 0 Å². The lowest BCUT2D eigenvalue weighted by molar-refractivity contribution is -0.137. The van der Waals surface area contributed by atoms with Gasteiger partial charge in [0.1, 0.15) is 12.4 Å². The van der Waals surface area contributed by atoms with Crippen molar-refractivity contribution in [3.63, 3.8) is 0 Å². The molecule has 0 saturated carbocycles. The maximum atomic E-state index is 14.3. The van der Waals surface area contributed by atoms with Gasteiger partial charge in [0.05, 0.1) is 17.4 Å². The van der Waals surface area contributed by atoms with Crippen molar-refractivity contribution in [2.24, 2.45) is 0 Å². The molecule has 1 unspecified atom stereocenters. The molecule has 3 aromatic rings. The van der Waals surface area contributed by atoms with Crippen LogP contribution < -0.4 is 10.2 Å². The van der Waals surface area contributed by atoms with Gasteiger partial charge in [-0.05, 0) is 63.1 Å². The highest BCUT2D eigenvalue weighted by Gasteiger charge is 2.47. The van der Waals surface area contributed by atoms with Gasteiger partial charge in [0.15, 0.2) is 11.4 Å². The lowest BCUT2D eigenvalue weighted by Gasteiger charge is -2.23. The number of aromatic nitrogens is 2. The zero-order valence-corrected chi connectivity index (χ0v) is 20.3. The fraction of sp³-hybridized carbons (Fsp3) is 0.400. The molecule has 186 valence electrons. The zero-order valence-electron chi connectivity index (χ0n) is 20.3. The fourth-order valence-electron chi connectivity index (χ4n) is 4.72. The normalized spacial score (nSPS) is 18.8. The molecule has 1 aromatic heterocycles. The van der Waals surface area contributed by atoms with Crippen LogP contribution in [0.2, 0.25) is 0 Å². The Morgan fingerprint density at radius 3 is 2.51 bits per heavy atom. The van der Waals surface area contributed by atoms with E-state index in [0.29, 0.717) is 33.7 Å². The monoisotopic (exact) mass is 488 g/mol. The molecule has 0 aliphatic carbocycles. The first-order chi connectivity index (χ1) is 16.4. The molecule has 0 saturated heterocycles. The molecule has 10 heteroatoms. The van der Waals surface area contributed by atoms with E-state index in [-0.39, 0.29) is 11.5 Å². The van der Waals surface area contributed by atoms with Crippen LogP contribution in [0.15, 0.2) is 24.3 Å². The number of carbonyl (C=O) groups excluding carboxylic acids is 1. The van der Waals surface area contributed by atoms with Crippen molar-refractivity contribution in [2.45, 2.75) is 45.3 Å². The van der Waals surface area contributed by atoms with Crippen molar-refractivity contribution in [3.05, 3.63) is 58.0 Å². The van der Waals surface area contributed by atoms with Crippen LogP contribution in [0.4, 0.5) is 24.7 Å². The summed E-state index contributed by atoms with van der Waals surface area (Å²) in [6, 6.07) is 4.96. The molecule has 2 N–H and O–H groups in total. The molecule has 1 amide bonds. The Hall–Kier alpha value is -3.24. The summed E-state index contributed by atoms with van der Waals surface area (Å²) in [7, 11) is 3.14. The highest BCUT2D eigenvalue weighted by molar-refractivity contribution is 6.10. The van der Waals surface area contributed by atoms with Crippen LogP contribution in [0.5, 0.6) is 0 Å². The number of methoxy groups -OCH3 is 1. The molecular formula is C25H27F3N4O3. The Balaban J connectivity index is 1.82. The van der Waals surface area contributed by atoms with Crippen molar-refractivity contribution < 1.29 is 27.8 Å². The number of amides is 1. The summed E-state index contributed by atoms with van der Waals surface area (Å²) in [6.45, 7) is 5.23. The van der Waals surface area contributed by atoms with Gasteiger partial charge in [-0.3, -0.25) is 4.79 Å². The number of aliphatic hydroxyl groups excluding tert-OH is 1. The maximum absolute atomic E-state index is 14.3. The lowest BCUT2D eigenvalue weighted by atomic mass is 9.93. The number of halogens is 3. The Bertz CT molecular complexity index is 1350. The minimum atomic E-state index is -3.58. The number of aryl methyl sites for hydroxylation is 1. The Labute approximate surface area is 200 Å². The van der Waals surface area contributed by atoms with Crippen molar-refractivity contribution in [3.8, 4) is 0 Å². The number of aliphatic hydroxyl groups is 1. The van der Waals surface area contributed by atoms with Gasteiger partial charge >= 0.3 is 0 Å². The lowest BCUT2D eigenvalue weighted by Crippen LogP contribution is -2.37. The van der Waals surface area contributed by atoms with Gasteiger partial charge in [0.25, 0.3) is 11.8 Å². The van der Waals surface area contributed by atoms with Gasteiger partial charge in [-0.15, -0.1) is 5.10 Å². The molecule has 0 radical (unpaired) electrons. The Morgan fingerprint density at radius 2 is 1.89 bits per heavy atom. The van der Waals surface area contributed by atoms with E-state index in [1.165, 1.54) is 25.0 Å². The number of nitrogens with zero attached hydrogens (tertiary/aromatic N) is 3. The van der Waals surface area contributed by atoms with Gasteiger partial charge in [-0.2, -0.15) is 13.9 Å². The van der Waals surface area contributed by atoms with E-state index in [9.17, 15) is 18.0 Å². The van der Waals surface area contributed by atoms with Gasteiger partial charge in [-0.1, -0.05) is 0 Å². The largest absolute Gasteiger partial charge is 0.390 e. The quantitative estimate of drug-likeness (QED) is 0.532. The SMILES string of the molecule is COC1(C)C(=O)N(C)c2cc3c(N[C@H](C)c4cc(F)cc(C(F)(F)CO)c4C)nnc(C)c3cc21. The molecule has 35 heavy (non-hydrogen) atoms.